The fourth-order valence-corrected chi connectivity index (χ4v) is 1.98. The van der Waals surface area contributed by atoms with Crippen LogP contribution in [0.15, 0.2) is 30.3 Å². The van der Waals surface area contributed by atoms with Gasteiger partial charge in [-0.25, -0.2) is 0 Å². The maximum atomic E-state index is 12.1. The number of nitrogens with one attached hydrogen (secondary N) is 1. The topological polar surface area (TPSA) is 38.3 Å². The SMILES string of the molecule is CCCOC(C)(C)CCNC(=O)C(C)c1ccccc1. The third-order valence-corrected chi connectivity index (χ3v) is 3.42. The molecule has 0 aliphatic rings. The first-order valence-electron chi connectivity index (χ1n) is 7.43. The van der Waals surface area contributed by atoms with Gasteiger partial charge in [-0.1, -0.05) is 37.3 Å². The van der Waals surface area contributed by atoms with Crippen LogP contribution in [-0.2, 0) is 9.53 Å². The number of ether oxygens (including phenoxy) is 1. The Kier molecular flexibility index (Phi) is 6.73. The molecule has 20 heavy (non-hydrogen) atoms. The van der Waals surface area contributed by atoms with E-state index in [-0.39, 0.29) is 17.4 Å². The second kappa shape index (κ2) is 8.05. The van der Waals surface area contributed by atoms with Crippen LogP contribution in [-0.4, -0.2) is 24.7 Å². The molecule has 112 valence electrons. The van der Waals surface area contributed by atoms with E-state index in [9.17, 15) is 4.79 Å². The van der Waals surface area contributed by atoms with Crippen molar-refractivity contribution in [2.24, 2.45) is 0 Å². The molecule has 0 spiro atoms. The van der Waals surface area contributed by atoms with Gasteiger partial charge in [-0.2, -0.15) is 0 Å². The van der Waals surface area contributed by atoms with Crippen molar-refractivity contribution in [2.45, 2.75) is 52.1 Å². The lowest BCUT2D eigenvalue weighted by molar-refractivity contribution is -0.122. The third kappa shape index (κ3) is 5.74. The summed E-state index contributed by atoms with van der Waals surface area (Å²) < 4.78 is 5.75. The van der Waals surface area contributed by atoms with Gasteiger partial charge >= 0.3 is 0 Å². The van der Waals surface area contributed by atoms with Crippen LogP contribution >= 0.6 is 0 Å². The molecule has 0 aromatic heterocycles. The first-order chi connectivity index (χ1) is 9.46. The highest BCUT2D eigenvalue weighted by Gasteiger charge is 2.19. The first-order valence-corrected chi connectivity index (χ1v) is 7.43. The summed E-state index contributed by atoms with van der Waals surface area (Å²) in [5.41, 5.74) is 0.866. The molecular weight excluding hydrogens is 250 g/mol. The molecule has 1 N–H and O–H groups in total. The zero-order chi connectivity index (χ0) is 15.0. The highest BCUT2D eigenvalue weighted by Crippen LogP contribution is 2.16. The summed E-state index contributed by atoms with van der Waals surface area (Å²) in [4.78, 5) is 12.1. The van der Waals surface area contributed by atoms with E-state index in [1.807, 2.05) is 37.3 Å². The maximum absolute atomic E-state index is 12.1. The molecule has 0 heterocycles. The van der Waals surface area contributed by atoms with Crippen LogP contribution in [0.1, 0.15) is 52.0 Å². The van der Waals surface area contributed by atoms with Crippen LogP contribution < -0.4 is 5.32 Å². The Morgan fingerprint density at radius 3 is 2.55 bits per heavy atom. The van der Waals surface area contributed by atoms with E-state index in [1.165, 1.54) is 0 Å². The zero-order valence-corrected chi connectivity index (χ0v) is 13.1. The Morgan fingerprint density at radius 1 is 1.30 bits per heavy atom. The van der Waals surface area contributed by atoms with Crippen LogP contribution in [0, 0.1) is 0 Å². The molecule has 0 bridgehead atoms. The van der Waals surface area contributed by atoms with Crippen molar-refractivity contribution in [1.29, 1.82) is 0 Å². The van der Waals surface area contributed by atoms with E-state index in [1.54, 1.807) is 0 Å². The fourth-order valence-electron chi connectivity index (χ4n) is 1.98. The van der Waals surface area contributed by atoms with E-state index < -0.39 is 0 Å². The van der Waals surface area contributed by atoms with Crippen LogP contribution in [0.5, 0.6) is 0 Å². The standard InChI is InChI=1S/C17H27NO2/c1-5-13-20-17(3,4)11-12-18-16(19)14(2)15-9-7-6-8-10-15/h6-10,14H,5,11-13H2,1-4H3,(H,18,19). The van der Waals surface area contributed by atoms with Gasteiger partial charge in [0.15, 0.2) is 0 Å². The van der Waals surface area contributed by atoms with Crippen molar-refractivity contribution >= 4 is 5.91 Å². The number of benzene rings is 1. The Labute approximate surface area is 122 Å². The molecule has 1 aromatic carbocycles. The molecule has 0 saturated heterocycles. The summed E-state index contributed by atoms with van der Waals surface area (Å²) >= 11 is 0. The molecule has 0 fully saturated rings. The molecule has 0 radical (unpaired) electrons. The van der Waals surface area contributed by atoms with E-state index >= 15 is 0 Å². The molecule has 1 atom stereocenters. The van der Waals surface area contributed by atoms with Gasteiger partial charge in [-0.05, 0) is 39.2 Å². The number of hydrogen-bond donors (Lipinski definition) is 1. The highest BCUT2D eigenvalue weighted by molar-refractivity contribution is 5.83. The van der Waals surface area contributed by atoms with Gasteiger partial charge in [0.2, 0.25) is 5.91 Å². The molecule has 1 rings (SSSR count). The maximum Gasteiger partial charge on any atom is 0.227 e. The Morgan fingerprint density at radius 2 is 1.95 bits per heavy atom. The van der Waals surface area contributed by atoms with Crippen LogP contribution in [0.2, 0.25) is 0 Å². The molecule has 1 amide bonds. The van der Waals surface area contributed by atoms with Gasteiger partial charge in [-0.15, -0.1) is 0 Å². The largest absolute Gasteiger partial charge is 0.376 e. The molecule has 1 unspecified atom stereocenters. The summed E-state index contributed by atoms with van der Waals surface area (Å²) in [6.45, 7) is 9.57. The zero-order valence-electron chi connectivity index (χ0n) is 13.1. The first kappa shape index (κ1) is 16.7. The minimum absolute atomic E-state index is 0.0718. The summed E-state index contributed by atoms with van der Waals surface area (Å²) in [5.74, 6) is -0.0432. The van der Waals surface area contributed by atoms with Gasteiger partial charge in [-0.3, -0.25) is 4.79 Å². The molecule has 3 nitrogen and oxygen atoms in total. The average Bonchev–Trinajstić information content (AvgIpc) is 2.45. The normalized spacial score (nSPS) is 13.0. The second-order valence-corrected chi connectivity index (χ2v) is 5.78. The number of carbonyl (C=O) groups is 1. The second-order valence-electron chi connectivity index (χ2n) is 5.78. The van der Waals surface area contributed by atoms with E-state index in [0.717, 1.165) is 25.0 Å². The number of carbonyl (C=O) groups excluding carboxylic acids is 1. The molecule has 3 heteroatoms. The van der Waals surface area contributed by atoms with E-state index in [4.69, 9.17) is 4.74 Å². The summed E-state index contributed by atoms with van der Waals surface area (Å²) in [5, 5.41) is 2.99. The van der Waals surface area contributed by atoms with E-state index in [0.29, 0.717) is 6.54 Å². The quantitative estimate of drug-likeness (QED) is 0.789. The molecule has 0 aliphatic heterocycles. The van der Waals surface area contributed by atoms with Gasteiger partial charge < -0.3 is 10.1 Å². The molecule has 0 aliphatic carbocycles. The minimum Gasteiger partial charge on any atom is -0.376 e. The lowest BCUT2D eigenvalue weighted by Crippen LogP contribution is -2.34. The predicted molar refractivity (Wildman–Crippen MR) is 82.8 cm³/mol. The lowest BCUT2D eigenvalue weighted by atomic mass is 10.00. The van der Waals surface area contributed by atoms with Crippen molar-refractivity contribution in [3.63, 3.8) is 0 Å². The van der Waals surface area contributed by atoms with Crippen molar-refractivity contribution in [2.75, 3.05) is 13.2 Å². The predicted octanol–water partition coefficient (Wildman–Crippen LogP) is 3.50. The third-order valence-electron chi connectivity index (χ3n) is 3.42. The van der Waals surface area contributed by atoms with Crippen LogP contribution in [0.3, 0.4) is 0 Å². The van der Waals surface area contributed by atoms with Gasteiger partial charge in [0.05, 0.1) is 11.5 Å². The van der Waals surface area contributed by atoms with Crippen LogP contribution in [0.25, 0.3) is 0 Å². The van der Waals surface area contributed by atoms with Crippen LogP contribution in [0.4, 0.5) is 0 Å². The lowest BCUT2D eigenvalue weighted by Gasteiger charge is -2.25. The summed E-state index contributed by atoms with van der Waals surface area (Å²) in [6, 6.07) is 9.85. The van der Waals surface area contributed by atoms with Crippen molar-refractivity contribution in [3.8, 4) is 0 Å². The van der Waals surface area contributed by atoms with Gasteiger partial charge in [0, 0.05) is 13.2 Å². The van der Waals surface area contributed by atoms with Crippen molar-refractivity contribution in [1.82, 2.24) is 5.32 Å². The summed E-state index contributed by atoms with van der Waals surface area (Å²) in [6.07, 6.45) is 1.83. The number of hydrogen-bond acceptors (Lipinski definition) is 2. The Hall–Kier alpha value is -1.35. The number of amides is 1. The molecular formula is C17H27NO2. The Balaban J connectivity index is 2.36. The minimum atomic E-state index is -0.181. The fraction of sp³-hybridized carbons (Fsp3) is 0.588. The average molecular weight is 277 g/mol. The van der Waals surface area contributed by atoms with E-state index in [2.05, 4.69) is 26.1 Å². The van der Waals surface area contributed by atoms with Crippen molar-refractivity contribution in [3.05, 3.63) is 35.9 Å². The summed E-state index contributed by atoms with van der Waals surface area (Å²) in [7, 11) is 0. The molecule has 0 saturated carbocycles. The van der Waals surface area contributed by atoms with Crippen molar-refractivity contribution < 1.29 is 9.53 Å². The molecule has 1 aromatic rings. The highest BCUT2D eigenvalue weighted by atomic mass is 16.5. The van der Waals surface area contributed by atoms with Gasteiger partial charge in [0.1, 0.15) is 0 Å². The monoisotopic (exact) mass is 277 g/mol. The number of rotatable bonds is 8. The Bertz CT molecular complexity index is 401. The smallest absolute Gasteiger partial charge is 0.227 e. The van der Waals surface area contributed by atoms with Gasteiger partial charge in [0.25, 0.3) is 0 Å².